The zero-order valence-corrected chi connectivity index (χ0v) is 12.1. The van der Waals surface area contributed by atoms with Crippen LogP contribution in [-0.2, 0) is 11.2 Å². The van der Waals surface area contributed by atoms with Crippen LogP contribution in [-0.4, -0.2) is 17.9 Å². The van der Waals surface area contributed by atoms with E-state index in [9.17, 15) is 14.0 Å². The third-order valence-electron chi connectivity index (χ3n) is 3.30. The van der Waals surface area contributed by atoms with E-state index in [4.69, 9.17) is 11.0 Å². The number of carbonyl (C=O) groups is 2. The predicted octanol–water partition coefficient (Wildman–Crippen LogP) is 1.52. The summed E-state index contributed by atoms with van der Waals surface area (Å²) in [7, 11) is 0. The average molecular weight is 311 g/mol. The van der Waals surface area contributed by atoms with Crippen LogP contribution in [0.15, 0.2) is 48.5 Å². The summed E-state index contributed by atoms with van der Waals surface area (Å²) in [5, 5.41) is 11.5. The molecule has 0 fully saturated rings. The SMILES string of the molecule is N#Cc1ccccc1C[C@H](NC(=O)c1cccc(F)c1)C(N)=O. The van der Waals surface area contributed by atoms with E-state index in [1.165, 1.54) is 18.2 Å². The maximum Gasteiger partial charge on any atom is 0.252 e. The highest BCUT2D eigenvalue weighted by molar-refractivity contribution is 5.97. The fourth-order valence-electron chi connectivity index (χ4n) is 2.12. The van der Waals surface area contributed by atoms with E-state index in [1.54, 1.807) is 24.3 Å². The molecule has 2 aromatic carbocycles. The van der Waals surface area contributed by atoms with Crippen LogP contribution in [0.5, 0.6) is 0 Å². The van der Waals surface area contributed by atoms with Crippen LogP contribution in [0, 0.1) is 17.1 Å². The lowest BCUT2D eigenvalue weighted by molar-refractivity contribution is -0.119. The summed E-state index contributed by atoms with van der Waals surface area (Å²) in [6.07, 6.45) is 0.0835. The van der Waals surface area contributed by atoms with E-state index in [-0.39, 0.29) is 12.0 Å². The van der Waals surface area contributed by atoms with Gasteiger partial charge in [0.1, 0.15) is 11.9 Å². The summed E-state index contributed by atoms with van der Waals surface area (Å²) in [5.74, 6) is -1.90. The van der Waals surface area contributed by atoms with Crippen LogP contribution in [0.4, 0.5) is 4.39 Å². The number of halogens is 1. The number of hydrogen-bond donors (Lipinski definition) is 2. The minimum atomic E-state index is -1.000. The second-order valence-corrected chi connectivity index (χ2v) is 4.91. The molecule has 0 bridgehead atoms. The lowest BCUT2D eigenvalue weighted by atomic mass is 10.00. The molecular formula is C17H14FN3O2. The Hall–Kier alpha value is -3.20. The largest absolute Gasteiger partial charge is 0.368 e. The van der Waals surface area contributed by atoms with Gasteiger partial charge in [0.25, 0.3) is 5.91 Å². The molecule has 116 valence electrons. The summed E-state index contributed by atoms with van der Waals surface area (Å²) >= 11 is 0. The quantitative estimate of drug-likeness (QED) is 0.876. The number of nitrogens with zero attached hydrogens (tertiary/aromatic N) is 1. The molecule has 2 amide bonds. The number of nitrogens with one attached hydrogen (secondary N) is 1. The van der Waals surface area contributed by atoms with Gasteiger partial charge in [0.05, 0.1) is 11.6 Å². The molecule has 2 aromatic rings. The Morgan fingerprint density at radius 1 is 1.22 bits per heavy atom. The lowest BCUT2D eigenvalue weighted by Gasteiger charge is -2.16. The van der Waals surface area contributed by atoms with Crippen molar-refractivity contribution in [2.45, 2.75) is 12.5 Å². The van der Waals surface area contributed by atoms with Gasteiger partial charge in [-0.1, -0.05) is 24.3 Å². The minimum Gasteiger partial charge on any atom is -0.368 e. The first-order valence-corrected chi connectivity index (χ1v) is 6.85. The molecule has 23 heavy (non-hydrogen) atoms. The first-order chi connectivity index (χ1) is 11.0. The number of primary amides is 1. The predicted molar refractivity (Wildman–Crippen MR) is 81.7 cm³/mol. The van der Waals surface area contributed by atoms with Crippen LogP contribution in [0.1, 0.15) is 21.5 Å². The van der Waals surface area contributed by atoms with Gasteiger partial charge in [0.2, 0.25) is 5.91 Å². The van der Waals surface area contributed by atoms with Crippen molar-refractivity contribution in [1.29, 1.82) is 5.26 Å². The first kappa shape index (κ1) is 16.2. The Kier molecular flexibility index (Phi) is 5.05. The van der Waals surface area contributed by atoms with E-state index in [0.29, 0.717) is 11.1 Å². The third-order valence-corrected chi connectivity index (χ3v) is 3.30. The second kappa shape index (κ2) is 7.18. The summed E-state index contributed by atoms with van der Waals surface area (Å²) < 4.78 is 13.2. The molecular weight excluding hydrogens is 297 g/mol. The fourth-order valence-corrected chi connectivity index (χ4v) is 2.12. The van der Waals surface area contributed by atoms with Crippen molar-refractivity contribution in [1.82, 2.24) is 5.32 Å². The molecule has 0 heterocycles. The smallest absolute Gasteiger partial charge is 0.252 e. The number of rotatable bonds is 5. The van der Waals surface area contributed by atoms with Gasteiger partial charge in [-0.15, -0.1) is 0 Å². The molecule has 0 aromatic heterocycles. The topological polar surface area (TPSA) is 96.0 Å². The van der Waals surface area contributed by atoms with E-state index in [1.807, 2.05) is 6.07 Å². The Morgan fingerprint density at radius 2 is 1.96 bits per heavy atom. The summed E-state index contributed by atoms with van der Waals surface area (Å²) in [4.78, 5) is 23.7. The highest BCUT2D eigenvalue weighted by Gasteiger charge is 2.20. The third kappa shape index (κ3) is 4.14. The van der Waals surface area contributed by atoms with E-state index < -0.39 is 23.7 Å². The van der Waals surface area contributed by atoms with E-state index >= 15 is 0 Å². The average Bonchev–Trinajstić information content (AvgIpc) is 2.54. The maximum absolute atomic E-state index is 13.2. The van der Waals surface area contributed by atoms with E-state index in [2.05, 4.69) is 5.32 Å². The van der Waals surface area contributed by atoms with E-state index in [0.717, 1.165) is 6.07 Å². The zero-order valence-electron chi connectivity index (χ0n) is 12.1. The van der Waals surface area contributed by atoms with Crippen molar-refractivity contribution in [2.75, 3.05) is 0 Å². The van der Waals surface area contributed by atoms with Crippen molar-refractivity contribution in [3.63, 3.8) is 0 Å². The van der Waals surface area contributed by atoms with Crippen LogP contribution in [0.3, 0.4) is 0 Å². The molecule has 5 nitrogen and oxygen atoms in total. The summed E-state index contributed by atoms with van der Waals surface area (Å²) in [5.41, 5.74) is 6.41. The van der Waals surface area contributed by atoms with Crippen molar-refractivity contribution in [3.05, 3.63) is 71.0 Å². The molecule has 6 heteroatoms. The van der Waals surface area contributed by atoms with Gasteiger partial charge in [-0.05, 0) is 29.8 Å². The van der Waals surface area contributed by atoms with Crippen molar-refractivity contribution in [3.8, 4) is 6.07 Å². The Bertz CT molecular complexity index is 783. The summed E-state index contributed by atoms with van der Waals surface area (Å²) in [6.45, 7) is 0. The number of amides is 2. The summed E-state index contributed by atoms with van der Waals surface area (Å²) in [6, 6.07) is 12.8. The number of benzene rings is 2. The normalized spacial score (nSPS) is 11.3. The Balaban J connectivity index is 2.18. The zero-order chi connectivity index (χ0) is 16.8. The molecule has 1 atom stereocenters. The second-order valence-electron chi connectivity index (χ2n) is 4.91. The first-order valence-electron chi connectivity index (χ1n) is 6.85. The van der Waals surface area contributed by atoms with Gasteiger partial charge in [0, 0.05) is 12.0 Å². The fraction of sp³-hybridized carbons (Fsp3) is 0.118. The van der Waals surface area contributed by atoms with Gasteiger partial charge >= 0.3 is 0 Å². The monoisotopic (exact) mass is 311 g/mol. The van der Waals surface area contributed by atoms with Crippen LogP contribution in [0.2, 0.25) is 0 Å². The number of nitriles is 1. The standard InChI is InChI=1S/C17H14FN3O2/c18-14-7-3-6-12(8-14)17(23)21-15(16(20)22)9-11-4-1-2-5-13(11)10-19/h1-8,15H,9H2,(H2,20,22)(H,21,23)/t15-/m0/s1. The molecule has 0 aliphatic rings. The molecule has 0 saturated heterocycles. The lowest BCUT2D eigenvalue weighted by Crippen LogP contribution is -2.46. The Morgan fingerprint density at radius 3 is 2.61 bits per heavy atom. The van der Waals surface area contributed by atoms with Gasteiger partial charge in [-0.3, -0.25) is 9.59 Å². The number of carbonyl (C=O) groups excluding carboxylic acids is 2. The van der Waals surface area contributed by atoms with Crippen molar-refractivity contribution in [2.24, 2.45) is 5.73 Å². The molecule has 0 aliphatic heterocycles. The molecule has 0 radical (unpaired) electrons. The van der Waals surface area contributed by atoms with Gasteiger partial charge < -0.3 is 11.1 Å². The minimum absolute atomic E-state index is 0.0835. The van der Waals surface area contributed by atoms with Crippen molar-refractivity contribution < 1.29 is 14.0 Å². The Labute approximate surface area is 132 Å². The van der Waals surface area contributed by atoms with Gasteiger partial charge in [-0.25, -0.2) is 4.39 Å². The molecule has 0 saturated carbocycles. The maximum atomic E-state index is 13.2. The molecule has 0 aliphatic carbocycles. The van der Waals surface area contributed by atoms with Crippen LogP contribution in [0.25, 0.3) is 0 Å². The number of nitrogens with two attached hydrogens (primary N) is 1. The van der Waals surface area contributed by atoms with Crippen molar-refractivity contribution >= 4 is 11.8 Å². The molecule has 0 unspecified atom stereocenters. The molecule has 3 N–H and O–H groups in total. The highest BCUT2D eigenvalue weighted by atomic mass is 19.1. The molecule has 2 rings (SSSR count). The molecule has 0 spiro atoms. The highest BCUT2D eigenvalue weighted by Crippen LogP contribution is 2.11. The number of hydrogen-bond acceptors (Lipinski definition) is 3. The van der Waals surface area contributed by atoms with Crippen LogP contribution < -0.4 is 11.1 Å². The van der Waals surface area contributed by atoms with Crippen LogP contribution >= 0.6 is 0 Å². The van der Waals surface area contributed by atoms with Gasteiger partial charge in [-0.2, -0.15) is 5.26 Å². The van der Waals surface area contributed by atoms with Gasteiger partial charge in [0.15, 0.2) is 0 Å².